The average Bonchev–Trinajstić information content (AvgIpc) is 2.34. The quantitative estimate of drug-likeness (QED) is 0.868. The molecule has 0 fully saturated rings. The number of methoxy groups -OCH3 is 1. The maximum Gasteiger partial charge on any atom is 0.146 e. The molecule has 1 aromatic heterocycles. The Bertz CT molecular complexity index is 575. The second-order valence-electron chi connectivity index (χ2n) is 3.87. The number of aromatic nitrogens is 1. The summed E-state index contributed by atoms with van der Waals surface area (Å²) in [4.78, 5) is 4.08. The largest absolute Gasteiger partial charge is 0.396 e. The summed E-state index contributed by atoms with van der Waals surface area (Å²) in [6.07, 6.45) is 3.31. The topological polar surface area (TPSA) is 48.1 Å². The molecule has 5 heteroatoms. The Labute approximate surface area is 109 Å². The van der Waals surface area contributed by atoms with E-state index in [4.69, 9.17) is 22.1 Å². The smallest absolute Gasteiger partial charge is 0.146 e. The summed E-state index contributed by atoms with van der Waals surface area (Å²) in [5.74, 6) is -0.494. The van der Waals surface area contributed by atoms with Gasteiger partial charge in [0.2, 0.25) is 0 Å². The van der Waals surface area contributed by atoms with Crippen molar-refractivity contribution in [3.63, 3.8) is 0 Å². The molecule has 0 spiro atoms. The van der Waals surface area contributed by atoms with E-state index < -0.39 is 5.82 Å². The summed E-state index contributed by atoms with van der Waals surface area (Å²) in [6.45, 7) is 0.440. The van der Waals surface area contributed by atoms with Crippen molar-refractivity contribution < 1.29 is 9.13 Å². The van der Waals surface area contributed by atoms with Crippen LogP contribution in [0, 0.1) is 5.82 Å². The first-order valence-electron chi connectivity index (χ1n) is 5.29. The van der Waals surface area contributed by atoms with Crippen LogP contribution in [0.2, 0.25) is 5.02 Å². The van der Waals surface area contributed by atoms with Gasteiger partial charge in [-0.05, 0) is 23.8 Å². The Kier molecular flexibility index (Phi) is 3.79. The monoisotopic (exact) mass is 266 g/mol. The molecule has 94 valence electrons. The van der Waals surface area contributed by atoms with Crippen molar-refractivity contribution in [2.45, 2.75) is 6.61 Å². The molecule has 0 unspecified atom stereocenters. The summed E-state index contributed by atoms with van der Waals surface area (Å²) in [6, 6.07) is 4.56. The second kappa shape index (κ2) is 5.33. The van der Waals surface area contributed by atoms with E-state index in [9.17, 15) is 4.39 Å². The van der Waals surface area contributed by atoms with Gasteiger partial charge in [0.25, 0.3) is 0 Å². The molecule has 2 rings (SSSR count). The minimum absolute atomic E-state index is 0.0322. The van der Waals surface area contributed by atoms with Gasteiger partial charge in [-0.1, -0.05) is 11.6 Å². The Hall–Kier alpha value is -1.65. The lowest BCUT2D eigenvalue weighted by Crippen LogP contribution is -1.94. The fraction of sp³-hybridized carbons (Fsp3) is 0.154. The van der Waals surface area contributed by atoms with Gasteiger partial charge >= 0.3 is 0 Å². The predicted molar refractivity (Wildman–Crippen MR) is 69.8 cm³/mol. The van der Waals surface area contributed by atoms with Crippen LogP contribution < -0.4 is 5.73 Å². The van der Waals surface area contributed by atoms with Crippen LogP contribution in [0.25, 0.3) is 11.1 Å². The van der Waals surface area contributed by atoms with Crippen molar-refractivity contribution in [1.29, 1.82) is 0 Å². The number of anilines is 1. The van der Waals surface area contributed by atoms with E-state index in [1.165, 1.54) is 12.1 Å². The van der Waals surface area contributed by atoms with Gasteiger partial charge in [0.1, 0.15) is 5.82 Å². The Morgan fingerprint density at radius 2 is 2.11 bits per heavy atom. The number of benzene rings is 1. The van der Waals surface area contributed by atoms with Crippen molar-refractivity contribution in [2.75, 3.05) is 12.8 Å². The zero-order valence-corrected chi connectivity index (χ0v) is 10.5. The van der Waals surface area contributed by atoms with E-state index in [0.717, 1.165) is 11.1 Å². The Balaban J connectivity index is 2.48. The van der Waals surface area contributed by atoms with Crippen LogP contribution in [0.1, 0.15) is 5.56 Å². The van der Waals surface area contributed by atoms with Gasteiger partial charge in [0, 0.05) is 30.6 Å². The highest BCUT2D eigenvalue weighted by molar-refractivity contribution is 6.33. The average molecular weight is 267 g/mol. The summed E-state index contributed by atoms with van der Waals surface area (Å²) < 4.78 is 18.5. The summed E-state index contributed by atoms with van der Waals surface area (Å²) >= 11 is 6.06. The van der Waals surface area contributed by atoms with Crippen LogP contribution >= 0.6 is 11.6 Å². The molecule has 3 nitrogen and oxygen atoms in total. The molecule has 2 N–H and O–H groups in total. The number of nitrogens with zero attached hydrogens (tertiary/aromatic N) is 1. The maximum absolute atomic E-state index is 13.5. The lowest BCUT2D eigenvalue weighted by molar-refractivity contribution is 0.184. The van der Waals surface area contributed by atoms with E-state index >= 15 is 0 Å². The number of hydrogen-bond donors (Lipinski definition) is 1. The van der Waals surface area contributed by atoms with Gasteiger partial charge in [-0.2, -0.15) is 0 Å². The lowest BCUT2D eigenvalue weighted by Gasteiger charge is -2.08. The summed E-state index contributed by atoms with van der Waals surface area (Å²) in [7, 11) is 1.60. The fourth-order valence-electron chi connectivity index (χ4n) is 1.66. The zero-order valence-electron chi connectivity index (χ0n) is 9.78. The van der Waals surface area contributed by atoms with Gasteiger partial charge in [0.15, 0.2) is 0 Å². The van der Waals surface area contributed by atoms with Crippen LogP contribution in [0.3, 0.4) is 0 Å². The number of hydrogen-bond acceptors (Lipinski definition) is 3. The number of halogens is 2. The number of ether oxygens (including phenoxy) is 1. The highest BCUT2D eigenvalue weighted by Crippen LogP contribution is 2.31. The van der Waals surface area contributed by atoms with E-state index in [1.54, 1.807) is 19.5 Å². The van der Waals surface area contributed by atoms with Gasteiger partial charge in [-0.15, -0.1) is 0 Å². The first-order chi connectivity index (χ1) is 8.61. The number of nitrogens with two attached hydrogens (primary N) is 1. The number of nitrogen functional groups attached to an aromatic ring is 1. The molecule has 2 aromatic rings. The van der Waals surface area contributed by atoms with Gasteiger partial charge in [0.05, 0.1) is 17.3 Å². The van der Waals surface area contributed by atoms with E-state index in [1.807, 2.05) is 6.07 Å². The third kappa shape index (κ3) is 2.60. The van der Waals surface area contributed by atoms with E-state index in [-0.39, 0.29) is 5.69 Å². The van der Waals surface area contributed by atoms with Crippen molar-refractivity contribution in [3.05, 3.63) is 47.0 Å². The molecule has 1 aromatic carbocycles. The Morgan fingerprint density at radius 1 is 1.33 bits per heavy atom. The van der Waals surface area contributed by atoms with Crippen molar-refractivity contribution in [1.82, 2.24) is 4.98 Å². The molecule has 0 aliphatic heterocycles. The van der Waals surface area contributed by atoms with Gasteiger partial charge in [-0.25, -0.2) is 4.39 Å². The third-order valence-electron chi connectivity index (χ3n) is 2.50. The molecule has 0 radical (unpaired) electrons. The minimum atomic E-state index is -0.494. The standard InChI is InChI=1S/C13H12ClFN2O/c1-18-7-8-2-9(6-17-5-8)10-3-12(15)13(16)4-11(10)14/h2-6H,7,16H2,1H3. The molecule has 0 aliphatic carbocycles. The summed E-state index contributed by atoms with van der Waals surface area (Å²) in [5, 5.41) is 0.394. The minimum Gasteiger partial charge on any atom is -0.396 e. The van der Waals surface area contributed by atoms with Crippen LogP contribution in [-0.4, -0.2) is 12.1 Å². The highest BCUT2D eigenvalue weighted by atomic mass is 35.5. The normalized spacial score (nSPS) is 10.6. The molecular weight excluding hydrogens is 255 g/mol. The van der Waals surface area contributed by atoms with Crippen LogP contribution in [0.4, 0.5) is 10.1 Å². The van der Waals surface area contributed by atoms with Gasteiger partial charge in [-0.3, -0.25) is 4.98 Å². The molecule has 0 bridgehead atoms. The molecule has 0 atom stereocenters. The van der Waals surface area contributed by atoms with Crippen molar-refractivity contribution >= 4 is 17.3 Å². The van der Waals surface area contributed by atoms with Crippen molar-refractivity contribution in [3.8, 4) is 11.1 Å². The predicted octanol–water partition coefficient (Wildman–Crippen LogP) is 3.27. The van der Waals surface area contributed by atoms with Gasteiger partial charge < -0.3 is 10.5 Å². The first kappa shape index (κ1) is 12.8. The fourth-order valence-corrected chi connectivity index (χ4v) is 1.95. The SMILES string of the molecule is COCc1cncc(-c2cc(F)c(N)cc2Cl)c1. The summed E-state index contributed by atoms with van der Waals surface area (Å²) in [5.41, 5.74) is 7.67. The van der Waals surface area contributed by atoms with Crippen molar-refractivity contribution in [2.24, 2.45) is 0 Å². The first-order valence-corrected chi connectivity index (χ1v) is 5.67. The van der Waals surface area contributed by atoms with E-state index in [2.05, 4.69) is 4.98 Å². The number of rotatable bonds is 3. The second-order valence-corrected chi connectivity index (χ2v) is 4.28. The molecular formula is C13H12ClFN2O. The molecule has 0 amide bonds. The maximum atomic E-state index is 13.5. The van der Waals surface area contributed by atoms with Crippen LogP contribution in [0.15, 0.2) is 30.6 Å². The van der Waals surface area contributed by atoms with Crippen LogP contribution in [0.5, 0.6) is 0 Å². The van der Waals surface area contributed by atoms with E-state index in [0.29, 0.717) is 17.2 Å². The Morgan fingerprint density at radius 3 is 2.83 bits per heavy atom. The molecule has 18 heavy (non-hydrogen) atoms. The van der Waals surface area contributed by atoms with Crippen LogP contribution in [-0.2, 0) is 11.3 Å². The third-order valence-corrected chi connectivity index (χ3v) is 2.82. The molecule has 0 saturated heterocycles. The lowest BCUT2D eigenvalue weighted by atomic mass is 10.1. The zero-order chi connectivity index (χ0) is 13.1. The molecule has 0 saturated carbocycles. The highest BCUT2D eigenvalue weighted by Gasteiger charge is 2.09. The number of pyridine rings is 1. The molecule has 0 aliphatic rings. The molecule has 1 heterocycles.